The number of benzene rings is 2. The van der Waals surface area contributed by atoms with Crippen molar-refractivity contribution in [1.29, 1.82) is 0 Å². The molecule has 3 heterocycles. The standard InChI is InChI=1S/C28H34N2O2/c1-3-29-16-15-28(31)25(20-29)26(22-13-9-6-10-14-22)24-19-30(4-2)18-23(27(24)32-28)17-21-11-7-5-8-12-21/h5-14,17,25-26,31H,3-4,15-16,18-20H2,1-2H3/b23-17+/t25-,26-,28+/m0/s1. The highest BCUT2D eigenvalue weighted by Gasteiger charge is 2.53. The van der Waals surface area contributed by atoms with Gasteiger partial charge in [-0.1, -0.05) is 74.5 Å². The molecule has 0 amide bonds. The number of nitrogens with zero attached hydrogens (tertiary/aromatic N) is 2. The number of piperidine rings is 1. The maximum atomic E-state index is 11.9. The summed E-state index contributed by atoms with van der Waals surface area (Å²) in [6.07, 6.45) is 2.88. The largest absolute Gasteiger partial charge is 0.462 e. The third kappa shape index (κ3) is 3.92. The molecule has 2 aromatic carbocycles. The van der Waals surface area contributed by atoms with Crippen LogP contribution in [0.4, 0.5) is 0 Å². The Labute approximate surface area is 191 Å². The zero-order valence-electron chi connectivity index (χ0n) is 19.2. The summed E-state index contributed by atoms with van der Waals surface area (Å²) < 4.78 is 6.62. The van der Waals surface area contributed by atoms with Crippen LogP contribution < -0.4 is 0 Å². The average molecular weight is 431 g/mol. The fraction of sp³-hybridized carbons (Fsp3) is 0.429. The van der Waals surface area contributed by atoms with Crippen LogP contribution in [-0.2, 0) is 4.74 Å². The van der Waals surface area contributed by atoms with Gasteiger partial charge in [0.2, 0.25) is 5.79 Å². The fourth-order valence-electron chi connectivity index (χ4n) is 5.65. The van der Waals surface area contributed by atoms with Gasteiger partial charge >= 0.3 is 0 Å². The molecule has 1 N–H and O–H groups in total. The first-order chi connectivity index (χ1) is 15.6. The van der Waals surface area contributed by atoms with Crippen molar-refractivity contribution < 1.29 is 9.84 Å². The second kappa shape index (κ2) is 8.86. The molecule has 3 aliphatic rings. The van der Waals surface area contributed by atoms with Crippen molar-refractivity contribution in [2.24, 2.45) is 5.92 Å². The average Bonchev–Trinajstić information content (AvgIpc) is 2.83. The number of aliphatic hydroxyl groups is 1. The van der Waals surface area contributed by atoms with Crippen molar-refractivity contribution in [2.75, 3.05) is 39.3 Å². The van der Waals surface area contributed by atoms with E-state index in [9.17, 15) is 5.11 Å². The molecular formula is C28H34N2O2. The predicted molar refractivity (Wildman–Crippen MR) is 129 cm³/mol. The van der Waals surface area contributed by atoms with Crippen LogP contribution in [0.25, 0.3) is 6.08 Å². The van der Waals surface area contributed by atoms with Crippen molar-refractivity contribution in [3.05, 3.63) is 88.7 Å². The summed E-state index contributed by atoms with van der Waals surface area (Å²) in [5.74, 6) is -0.0362. The second-order valence-corrected chi connectivity index (χ2v) is 9.32. The number of likely N-dealkylation sites (N-methyl/N-ethyl adjacent to an activating group) is 1. The van der Waals surface area contributed by atoms with E-state index in [2.05, 4.69) is 84.3 Å². The third-order valence-corrected chi connectivity index (χ3v) is 7.44. The van der Waals surface area contributed by atoms with Crippen LogP contribution in [0.3, 0.4) is 0 Å². The van der Waals surface area contributed by atoms with Crippen LogP contribution in [0.2, 0.25) is 0 Å². The van der Waals surface area contributed by atoms with Gasteiger partial charge < -0.3 is 14.7 Å². The lowest BCUT2D eigenvalue weighted by atomic mass is 9.70. The van der Waals surface area contributed by atoms with Gasteiger partial charge in [0.05, 0.1) is 0 Å². The van der Waals surface area contributed by atoms with E-state index in [1.54, 1.807) is 0 Å². The van der Waals surface area contributed by atoms with E-state index >= 15 is 0 Å². The molecule has 4 heteroatoms. The van der Waals surface area contributed by atoms with Gasteiger partial charge in [-0.25, -0.2) is 0 Å². The minimum absolute atomic E-state index is 0.0205. The van der Waals surface area contributed by atoms with Gasteiger partial charge in [0, 0.05) is 50.0 Å². The highest BCUT2D eigenvalue weighted by molar-refractivity contribution is 5.61. The molecule has 32 heavy (non-hydrogen) atoms. The molecule has 3 aliphatic heterocycles. The van der Waals surface area contributed by atoms with Gasteiger partial charge in [-0.3, -0.25) is 4.90 Å². The van der Waals surface area contributed by atoms with E-state index in [1.165, 1.54) is 22.3 Å². The van der Waals surface area contributed by atoms with E-state index in [0.717, 1.165) is 45.0 Å². The van der Waals surface area contributed by atoms with E-state index in [0.29, 0.717) is 6.42 Å². The van der Waals surface area contributed by atoms with Crippen molar-refractivity contribution >= 4 is 6.08 Å². The first-order valence-electron chi connectivity index (χ1n) is 12.0. The van der Waals surface area contributed by atoms with Gasteiger partial charge in [0.1, 0.15) is 5.76 Å². The van der Waals surface area contributed by atoms with Crippen LogP contribution in [0.15, 0.2) is 77.6 Å². The topological polar surface area (TPSA) is 35.9 Å². The molecule has 0 unspecified atom stereocenters. The van der Waals surface area contributed by atoms with Crippen molar-refractivity contribution in [1.82, 2.24) is 9.80 Å². The lowest BCUT2D eigenvalue weighted by molar-refractivity contribution is -0.249. The number of hydrogen-bond acceptors (Lipinski definition) is 4. The molecule has 1 saturated heterocycles. The Kier molecular flexibility index (Phi) is 5.93. The summed E-state index contributed by atoms with van der Waals surface area (Å²) in [6, 6.07) is 21.2. The highest BCUT2D eigenvalue weighted by atomic mass is 16.6. The van der Waals surface area contributed by atoms with Gasteiger partial charge in [0.25, 0.3) is 0 Å². The Bertz CT molecular complexity index is 1000. The smallest absolute Gasteiger partial charge is 0.214 e. The van der Waals surface area contributed by atoms with E-state index in [4.69, 9.17) is 4.74 Å². The summed E-state index contributed by atoms with van der Waals surface area (Å²) >= 11 is 0. The molecule has 0 radical (unpaired) electrons. The SMILES string of the molecule is CCN1CC2=C(O[C@]3(O)CCN(CC)C[C@H]3[C@H]2c2ccccc2)/C(=C/c2ccccc2)C1. The molecule has 0 saturated carbocycles. The molecular weight excluding hydrogens is 396 g/mol. The van der Waals surface area contributed by atoms with Crippen LogP contribution in [0, 0.1) is 5.92 Å². The Hall–Kier alpha value is -2.40. The molecule has 2 aromatic rings. The number of likely N-dealkylation sites (tertiary alicyclic amines) is 1. The molecule has 0 aromatic heterocycles. The highest BCUT2D eigenvalue weighted by Crippen LogP contribution is 2.51. The number of fused-ring (bicyclic) bond motifs is 1. The summed E-state index contributed by atoms with van der Waals surface area (Å²) in [5.41, 5.74) is 4.94. The lowest BCUT2D eigenvalue weighted by Crippen LogP contribution is -2.58. The van der Waals surface area contributed by atoms with Gasteiger partial charge in [-0.15, -0.1) is 0 Å². The summed E-state index contributed by atoms with van der Waals surface area (Å²) in [6.45, 7) is 9.86. The summed E-state index contributed by atoms with van der Waals surface area (Å²) in [4.78, 5) is 4.93. The van der Waals surface area contributed by atoms with Crippen LogP contribution in [0.5, 0.6) is 0 Å². The summed E-state index contributed by atoms with van der Waals surface area (Å²) in [5, 5.41) is 11.9. The Morgan fingerprint density at radius 1 is 0.969 bits per heavy atom. The minimum Gasteiger partial charge on any atom is -0.462 e. The number of ether oxygens (including phenoxy) is 1. The van der Waals surface area contributed by atoms with Gasteiger partial charge in [-0.2, -0.15) is 0 Å². The first-order valence-corrected chi connectivity index (χ1v) is 12.0. The van der Waals surface area contributed by atoms with Crippen LogP contribution in [0.1, 0.15) is 37.3 Å². The molecule has 3 atom stereocenters. The minimum atomic E-state index is -1.13. The molecule has 0 spiro atoms. The Morgan fingerprint density at radius 2 is 1.66 bits per heavy atom. The molecule has 168 valence electrons. The molecule has 4 nitrogen and oxygen atoms in total. The van der Waals surface area contributed by atoms with Gasteiger partial charge in [-0.05, 0) is 35.9 Å². The monoisotopic (exact) mass is 430 g/mol. The first kappa shape index (κ1) is 21.4. The Balaban J connectivity index is 1.66. The van der Waals surface area contributed by atoms with Crippen molar-refractivity contribution in [3.8, 4) is 0 Å². The predicted octanol–water partition coefficient (Wildman–Crippen LogP) is 4.50. The normalized spacial score (nSPS) is 30.0. The maximum Gasteiger partial charge on any atom is 0.214 e. The maximum absolute atomic E-state index is 11.9. The lowest BCUT2D eigenvalue weighted by Gasteiger charge is -2.53. The van der Waals surface area contributed by atoms with Crippen molar-refractivity contribution in [3.63, 3.8) is 0 Å². The van der Waals surface area contributed by atoms with E-state index in [-0.39, 0.29) is 11.8 Å². The molecule has 0 aliphatic carbocycles. The quantitative estimate of drug-likeness (QED) is 0.775. The van der Waals surface area contributed by atoms with Crippen molar-refractivity contribution in [2.45, 2.75) is 32.0 Å². The van der Waals surface area contributed by atoms with E-state index in [1.807, 2.05) is 6.07 Å². The van der Waals surface area contributed by atoms with Gasteiger partial charge in [0.15, 0.2) is 0 Å². The Morgan fingerprint density at radius 3 is 2.34 bits per heavy atom. The molecule has 1 fully saturated rings. The number of rotatable bonds is 4. The zero-order chi connectivity index (χ0) is 22.1. The second-order valence-electron chi connectivity index (χ2n) is 9.32. The summed E-state index contributed by atoms with van der Waals surface area (Å²) in [7, 11) is 0. The number of hydrogen-bond donors (Lipinski definition) is 1. The van der Waals surface area contributed by atoms with Crippen LogP contribution >= 0.6 is 0 Å². The molecule has 5 rings (SSSR count). The third-order valence-electron chi connectivity index (χ3n) is 7.44. The fourth-order valence-corrected chi connectivity index (χ4v) is 5.65. The van der Waals surface area contributed by atoms with E-state index < -0.39 is 5.79 Å². The molecule has 0 bridgehead atoms. The zero-order valence-corrected chi connectivity index (χ0v) is 19.2. The van der Waals surface area contributed by atoms with Crippen LogP contribution in [-0.4, -0.2) is 60.0 Å².